The maximum atomic E-state index is 15.4. The van der Waals surface area contributed by atoms with Crippen LogP contribution in [-0.4, -0.2) is 65.7 Å². The number of hydrogen-bond donors (Lipinski definition) is 0. The van der Waals surface area contributed by atoms with Gasteiger partial charge in [0.05, 0.1) is 43.3 Å². The number of aromatic nitrogens is 2. The van der Waals surface area contributed by atoms with Crippen LogP contribution < -0.4 is 4.90 Å². The van der Waals surface area contributed by atoms with E-state index in [0.29, 0.717) is 43.9 Å². The number of amides is 2. The molecule has 1 atom stereocenters. The van der Waals surface area contributed by atoms with Crippen LogP contribution in [0, 0.1) is 18.6 Å². The molecule has 2 aliphatic heterocycles. The number of pyridine rings is 1. The van der Waals surface area contributed by atoms with Crippen molar-refractivity contribution in [3.63, 3.8) is 0 Å². The van der Waals surface area contributed by atoms with Gasteiger partial charge in [0.2, 0.25) is 5.91 Å². The van der Waals surface area contributed by atoms with Crippen LogP contribution in [0.15, 0.2) is 30.5 Å². The Kier molecular flexibility index (Phi) is 6.14. The van der Waals surface area contributed by atoms with Gasteiger partial charge in [-0.25, -0.2) is 18.6 Å². The number of fused-ring (bicyclic) bond motifs is 1. The topological polar surface area (TPSA) is 76.4 Å². The number of carbonyl (C=O) groups is 2. The lowest BCUT2D eigenvalue weighted by Crippen LogP contribution is -2.46. The molecule has 184 valence electrons. The predicted octanol–water partition coefficient (Wildman–Crippen LogP) is 3.72. The van der Waals surface area contributed by atoms with Gasteiger partial charge in [-0.2, -0.15) is 0 Å². The first-order valence-corrected chi connectivity index (χ1v) is 11.6. The fourth-order valence-corrected chi connectivity index (χ4v) is 4.81. The molecule has 1 aromatic carbocycles. The van der Waals surface area contributed by atoms with E-state index in [0.717, 1.165) is 5.56 Å². The van der Waals surface area contributed by atoms with Crippen molar-refractivity contribution >= 4 is 23.3 Å². The highest BCUT2D eigenvalue weighted by molar-refractivity contribution is 5.95. The lowest BCUT2D eigenvalue weighted by atomic mass is 10.0. The second kappa shape index (κ2) is 9.26. The third-order valence-electron chi connectivity index (χ3n) is 6.52. The first kappa shape index (κ1) is 23.2. The molecule has 10 heteroatoms. The molecule has 1 unspecified atom stereocenters. The summed E-state index contributed by atoms with van der Waals surface area (Å²) in [6.07, 6.45) is 2.25. The third-order valence-corrected chi connectivity index (χ3v) is 6.52. The summed E-state index contributed by atoms with van der Waals surface area (Å²) < 4.78 is 43.4. The second-order valence-electron chi connectivity index (χ2n) is 8.89. The molecule has 2 aliphatic rings. The maximum Gasteiger partial charge on any atom is 0.409 e. The van der Waals surface area contributed by atoms with E-state index in [4.69, 9.17) is 9.47 Å². The summed E-state index contributed by atoms with van der Waals surface area (Å²) in [5.41, 5.74) is 2.20. The van der Waals surface area contributed by atoms with Gasteiger partial charge in [-0.3, -0.25) is 4.79 Å². The van der Waals surface area contributed by atoms with Crippen molar-refractivity contribution in [3.8, 4) is 11.3 Å². The Labute approximate surface area is 201 Å². The summed E-state index contributed by atoms with van der Waals surface area (Å²) in [7, 11) is 1.32. The lowest BCUT2D eigenvalue weighted by molar-refractivity contribution is -0.117. The van der Waals surface area contributed by atoms with E-state index in [1.54, 1.807) is 9.30 Å². The third kappa shape index (κ3) is 4.34. The summed E-state index contributed by atoms with van der Waals surface area (Å²) in [5, 5.41) is 0. The molecule has 8 nitrogen and oxygen atoms in total. The lowest BCUT2D eigenvalue weighted by Gasteiger charge is -2.32. The highest BCUT2D eigenvalue weighted by Crippen LogP contribution is 2.34. The number of nitrogens with zero attached hydrogens (tertiary/aromatic N) is 4. The number of imidazole rings is 1. The highest BCUT2D eigenvalue weighted by atomic mass is 19.1. The zero-order valence-electron chi connectivity index (χ0n) is 19.6. The van der Waals surface area contributed by atoms with Gasteiger partial charge < -0.3 is 23.7 Å². The van der Waals surface area contributed by atoms with Gasteiger partial charge in [0.1, 0.15) is 17.3 Å². The van der Waals surface area contributed by atoms with E-state index >= 15 is 8.78 Å². The predicted molar refractivity (Wildman–Crippen MR) is 124 cm³/mol. The van der Waals surface area contributed by atoms with Crippen LogP contribution in [0.3, 0.4) is 0 Å². The summed E-state index contributed by atoms with van der Waals surface area (Å²) in [5.74, 6) is -1.73. The van der Waals surface area contributed by atoms with E-state index in [9.17, 15) is 9.59 Å². The first-order valence-electron chi connectivity index (χ1n) is 11.6. The fourth-order valence-electron chi connectivity index (χ4n) is 4.81. The monoisotopic (exact) mass is 484 g/mol. The number of anilines is 1. The van der Waals surface area contributed by atoms with Crippen LogP contribution in [0.5, 0.6) is 0 Å². The molecular weight excluding hydrogens is 458 g/mol. The van der Waals surface area contributed by atoms with Gasteiger partial charge in [-0.1, -0.05) is 0 Å². The first-order chi connectivity index (χ1) is 16.9. The molecule has 35 heavy (non-hydrogen) atoms. The van der Waals surface area contributed by atoms with Crippen LogP contribution in [0.2, 0.25) is 0 Å². The number of ether oxygens (including phenoxy) is 2. The van der Waals surface area contributed by atoms with Gasteiger partial charge in [0.15, 0.2) is 0 Å². The summed E-state index contributed by atoms with van der Waals surface area (Å²) in [4.78, 5) is 31.6. The molecule has 0 bridgehead atoms. The van der Waals surface area contributed by atoms with E-state index in [1.165, 1.54) is 24.1 Å². The van der Waals surface area contributed by atoms with Gasteiger partial charge in [0.25, 0.3) is 0 Å². The molecule has 2 fully saturated rings. The second-order valence-corrected chi connectivity index (χ2v) is 8.89. The number of carbonyl (C=O) groups excluding carboxylic acids is 2. The van der Waals surface area contributed by atoms with Crippen molar-refractivity contribution < 1.29 is 27.8 Å². The average Bonchev–Trinajstić information content (AvgIpc) is 3.41. The number of hydrogen-bond acceptors (Lipinski definition) is 5. The molecule has 3 aromatic rings. The number of rotatable bonds is 4. The minimum atomic E-state index is -0.790. The number of morpholine rings is 1. The SMILES string of the molecule is COC(=O)N1CCOC(Cc2c(-c3c(F)cc(N4CCCC4=O)cc3F)nc3cc(C)ccn23)C1. The van der Waals surface area contributed by atoms with Gasteiger partial charge in [0, 0.05) is 37.8 Å². The van der Waals surface area contributed by atoms with Gasteiger partial charge in [-0.05, 0) is 43.2 Å². The minimum Gasteiger partial charge on any atom is -0.453 e. The molecule has 0 spiro atoms. The minimum absolute atomic E-state index is 0.148. The molecule has 0 N–H and O–H groups in total. The van der Waals surface area contributed by atoms with E-state index in [1.807, 2.05) is 25.3 Å². The Morgan fingerprint density at radius 2 is 2.00 bits per heavy atom. The Balaban J connectivity index is 1.56. The van der Waals surface area contributed by atoms with Crippen molar-refractivity contribution in [3.05, 3.63) is 53.4 Å². The number of halogens is 2. The van der Waals surface area contributed by atoms with Crippen LogP contribution in [0.4, 0.5) is 19.3 Å². The van der Waals surface area contributed by atoms with Crippen molar-refractivity contribution in [2.75, 3.05) is 38.3 Å². The Morgan fingerprint density at radius 1 is 1.23 bits per heavy atom. The van der Waals surface area contributed by atoms with Crippen molar-refractivity contribution in [1.29, 1.82) is 0 Å². The smallest absolute Gasteiger partial charge is 0.409 e. The zero-order chi connectivity index (χ0) is 24.7. The quantitative estimate of drug-likeness (QED) is 0.564. The molecule has 4 heterocycles. The van der Waals surface area contributed by atoms with E-state index in [-0.39, 0.29) is 35.8 Å². The zero-order valence-corrected chi connectivity index (χ0v) is 19.6. The van der Waals surface area contributed by atoms with E-state index < -0.39 is 23.8 Å². The normalized spacial score (nSPS) is 18.5. The molecule has 0 radical (unpaired) electrons. The number of benzene rings is 1. The van der Waals surface area contributed by atoms with Crippen LogP contribution in [0.1, 0.15) is 24.1 Å². The van der Waals surface area contributed by atoms with Gasteiger partial charge >= 0.3 is 6.09 Å². The fraction of sp³-hybridized carbons (Fsp3) is 0.400. The van der Waals surface area contributed by atoms with Crippen molar-refractivity contribution in [2.24, 2.45) is 0 Å². The summed E-state index contributed by atoms with van der Waals surface area (Å²) in [6.45, 7) is 3.36. The summed E-state index contributed by atoms with van der Waals surface area (Å²) >= 11 is 0. The Hall–Kier alpha value is -3.53. The molecule has 2 amide bonds. The Bertz CT molecular complexity index is 1290. The van der Waals surface area contributed by atoms with Gasteiger partial charge in [-0.15, -0.1) is 0 Å². The molecule has 0 saturated carbocycles. The molecule has 5 rings (SSSR count). The maximum absolute atomic E-state index is 15.4. The highest BCUT2D eigenvalue weighted by Gasteiger charge is 2.30. The van der Waals surface area contributed by atoms with Crippen LogP contribution in [-0.2, 0) is 20.7 Å². The van der Waals surface area contributed by atoms with Crippen LogP contribution >= 0.6 is 0 Å². The molecule has 2 saturated heterocycles. The van der Waals surface area contributed by atoms with E-state index in [2.05, 4.69) is 4.98 Å². The average molecular weight is 485 g/mol. The molecule has 0 aliphatic carbocycles. The van der Waals surface area contributed by atoms with Crippen molar-refractivity contribution in [1.82, 2.24) is 14.3 Å². The number of aryl methyl sites for hydroxylation is 1. The summed E-state index contributed by atoms with van der Waals surface area (Å²) in [6, 6.07) is 6.11. The Morgan fingerprint density at radius 3 is 2.69 bits per heavy atom. The largest absolute Gasteiger partial charge is 0.453 e. The standard InChI is InChI=1S/C25H26F2N4O4/c1-15-5-7-31-20(13-17-14-29(8-9-35-17)25(33)34-2)24(28-21(31)10-15)23-18(26)11-16(12-19(23)27)30-6-3-4-22(30)32/h5,7,10-12,17H,3-4,6,8-9,13-14H2,1-2H3. The van der Waals surface area contributed by atoms with Crippen molar-refractivity contribution in [2.45, 2.75) is 32.3 Å². The molecule has 2 aromatic heterocycles. The number of methoxy groups -OCH3 is 1. The molecular formula is C25H26F2N4O4. The van der Waals surface area contributed by atoms with Crippen LogP contribution in [0.25, 0.3) is 16.9 Å².